The van der Waals surface area contributed by atoms with Crippen molar-refractivity contribution in [2.45, 2.75) is 40.2 Å². The Hall–Kier alpha value is -3.43. The van der Waals surface area contributed by atoms with Gasteiger partial charge in [0.25, 0.3) is 5.56 Å². The lowest BCUT2D eigenvalue weighted by Gasteiger charge is -2.16. The van der Waals surface area contributed by atoms with Crippen molar-refractivity contribution in [1.29, 1.82) is 0 Å². The molecular weight excluding hydrogens is 388 g/mol. The number of hydrogen-bond acceptors (Lipinski definition) is 7. The Bertz CT molecular complexity index is 1100. The number of carbonyl (C=O) groups is 1. The Morgan fingerprint density at radius 3 is 2.63 bits per heavy atom. The maximum atomic E-state index is 12.5. The fourth-order valence-corrected chi connectivity index (χ4v) is 2.72. The van der Waals surface area contributed by atoms with Crippen LogP contribution in [-0.2, 0) is 11.3 Å². The number of rotatable bonds is 8. The van der Waals surface area contributed by atoms with Gasteiger partial charge in [-0.25, -0.2) is 9.20 Å². The molecule has 3 heterocycles. The summed E-state index contributed by atoms with van der Waals surface area (Å²) in [6.07, 6.45) is 1.67. The quantitative estimate of drug-likeness (QED) is 0.600. The second-order valence-corrected chi connectivity index (χ2v) is 7.60. The maximum Gasteiger partial charge on any atom is 0.270 e. The van der Waals surface area contributed by atoms with Crippen LogP contribution in [0.4, 0.5) is 5.95 Å². The number of nitrogens with one attached hydrogen (secondary N) is 1. The highest BCUT2D eigenvalue weighted by atomic mass is 16.5. The van der Waals surface area contributed by atoms with Crippen molar-refractivity contribution in [2.75, 3.05) is 19.0 Å². The zero-order valence-electron chi connectivity index (χ0n) is 17.7. The molecule has 0 saturated heterocycles. The van der Waals surface area contributed by atoms with E-state index in [1.165, 1.54) is 10.6 Å². The van der Waals surface area contributed by atoms with Crippen molar-refractivity contribution in [1.82, 2.24) is 24.4 Å². The van der Waals surface area contributed by atoms with Crippen LogP contribution in [0.2, 0.25) is 0 Å². The molecule has 0 aliphatic carbocycles. The molecule has 30 heavy (non-hydrogen) atoms. The van der Waals surface area contributed by atoms with E-state index >= 15 is 0 Å². The van der Waals surface area contributed by atoms with Crippen LogP contribution in [0.5, 0.6) is 11.5 Å². The van der Waals surface area contributed by atoms with Crippen LogP contribution in [-0.4, -0.2) is 44.0 Å². The highest BCUT2D eigenvalue weighted by molar-refractivity contribution is 5.88. The molecule has 160 valence electrons. The van der Waals surface area contributed by atoms with Crippen LogP contribution in [0, 0.1) is 5.92 Å². The molecule has 3 aromatic heterocycles. The minimum atomic E-state index is -0.460. The topological polar surface area (TPSA) is 113 Å². The average molecular weight is 414 g/mol. The number of methoxy groups -OCH3 is 1. The maximum absolute atomic E-state index is 12.5. The molecule has 0 unspecified atom stereocenters. The minimum absolute atomic E-state index is 0.0251. The summed E-state index contributed by atoms with van der Waals surface area (Å²) in [5.74, 6) is 1.09. The minimum Gasteiger partial charge on any atom is -0.497 e. The fourth-order valence-electron chi connectivity index (χ4n) is 2.72. The average Bonchev–Trinajstić information content (AvgIpc) is 3.08. The van der Waals surface area contributed by atoms with E-state index in [2.05, 4.69) is 20.5 Å². The number of aromatic nitrogens is 5. The van der Waals surface area contributed by atoms with E-state index in [0.29, 0.717) is 35.4 Å². The summed E-state index contributed by atoms with van der Waals surface area (Å²) < 4.78 is 13.5. The lowest BCUT2D eigenvalue weighted by Crippen LogP contribution is -2.31. The Balaban J connectivity index is 1.77. The second-order valence-electron chi connectivity index (χ2n) is 7.60. The Kier molecular flexibility index (Phi) is 6.34. The van der Waals surface area contributed by atoms with Crippen LogP contribution in [0.3, 0.4) is 0 Å². The van der Waals surface area contributed by atoms with Crippen LogP contribution in [0.25, 0.3) is 5.65 Å². The fraction of sp³-hybridized carbons (Fsp3) is 0.450. The molecule has 1 N–H and O–H groups in total. The summed E-state index contributed by atoms with van der Waals surface area (Å²) >= 11 is 0. The molecule has 3 rings (SSSR count). The van der Waals surface area contributed by atoms with E-state index in [1.54, 1.807) is 25.4 Å². The normalized spacial score (nSPS) is 11.3. The molecule has 0 aliphatic heterocycles. The summed E-state index contributed by atoms with van der Waals surface area (Å²) in [5.41, 5.74) is 0.732. The second kappa shape index (κ2) is 8.93. The lowest BCUT2D eigenvalue weighted by molar-refractivity contribution is -0.117. The zero-order chi connectivity index (χ0) is 21.8. The summed E-state index contributed by atoms with van der Waals surface area (Å²) in [5, 5.41) is 11.1. The number of ether oxygens (including phenoxy) is 2. The van der Waals surface area contributed by atoms with Crippen LogP contribution >= 0.6 is 0 Å². The van der Waals surface area contributed by atoms with Gasteiger partial charge in [-0.3, -0.25) is 14.9 Å². The van der Waals surface area contributed by atoms with Crippen molar-refractivity contribution < 1.29 is 14.3 Å². The van der Waals surface area contributed by atoms with Crippen molar-refractivity contribution >= 4 is 17.5 Å². The molecule has 0 radical (unpaired) electrons. The molecule has 10 nitrogen and oxygen atoms in total. The largest absolute Gasteiger partial charge is 0.497 e. The van der Waals surface area contributed by atoms with Gasteiger partial charge in [-0.15, -0.1) is 5.10 Å². The third-order valence-corrected chi connectivity index (χ3v) is 4.20. The standard InChI is InChI=1S/C20H26N6O4/c1-12(2)11-30-15-9-18(28)26(23-19(15)13(3)4)10-17(27)22-20-21-16-8-14(29-5)6-7-25(16)24-20/h6-9,12-13H,10-11H2,1-5H3,(H,22,24,27). The molecule has 0 spiro atoms. The summed E-state index contributed by atoms with van der Waals surface area (Å²) in [6, 6.07) is 4.81. The molecule has 0 aromatic carbocycles. The molecule has 1 amide bonds. The van der Waals surface area contributed by atoms with Gasteiger partial charge in [0.05, 0.1) is 13.7 Å². The monoisotopic (exact) mass is 414 g/mol. The number of hydrogen-bond donors (Lipinski definition) is 1. The number of fused-ring (bicyclic) bond motifs is 1. The molecule has 3 aromatic rings. The van der Waals surface area contributed by atoms with Gasteiger partial charge in [-0.05, 0) is 12.0 Å². The van der Waals surface area contributed by atoms with Gasteiger partial charge < -0.3 is 9.47 Å². The van der Waals surface area contributed by atoms with Gasteiger partial charge in [-0.2, -0.15) is 10.1 Å². The first kappa shape index (κ1) is 21.3. The number of carbonyl (C=O) groups excluding carboxylic acids is 1. The highest BCUT2D eigenvalue weighted by Crippen LogP contribution is 2.22. The van der Waals surface area contributed by atoms with E-state index in [-0.39, 0.29) is 18.4 Å². The molecule has 0 fully saturated rings. The van der Waals surface area contributed by atoms with Gasteiger partial charge in [0.15, 0.2) is 5.65 Å². The smallest absolute Gasteiger partial charge is 0.270 e. The molecule has 0 atom stereocenters. The summed E-state index contributed by atoms with van der Waals surface area (Å²) in [4.78, 5) is 29.1. The first-order valence-corrected chi connectivity index (χ1v) is 9.72. The third-order valence-electron chi connectivity index (χ3n) is 4.20. The highest BCUT2D eigenvalue weighted by Gasteiger charge is 2.17. The first-order valence-electron chi connectivity index (χ1n) is 9.72. The first-order chi connectivity index (χ1) is 14.3. The van der Waals surface area contributed by atoms with Gasteiger partial charge in [0.1, 0.15) is 23.7 Å². The number of anilines is 1. The predicted octanol–water partition coefficient (Wildman–Crippen LogP) is 2.09. The summed E-state index contributed by atoms with van der Waals surface area (Å²) in [7, 11) is 1.56. The van der Waals surface area contributed by atoms with E-state index < -0.39 is 11.5 Å². The van der Waals surface area contributed by atoms with Gasteiger partial charge in [0, 0.05) is 24.2 Å². The van der Waals surface area contributed by atoms with Gasteiger partial charge >= 0.3 is 0 Å². The number of pyridine rings is 1. The van der Waals surface area contributed by atoms with E-state index in [1.807, 2.05) is 27.7 Å². The molecule has 0 saturated carbocycles. The van der Waals surface area contributed by atoms with Gasteiger partial charge in [-0.1, -0.05) is 27.7 Å². The Morgan fingerprint density at radius 2 is 1.97 bits per heavy atom. The van der Waals surface area contributed by atoms with Crippen LogP contribution in [0.15, 0.2) is 29.2 Å². The summed E-state index contributed by atoms with van der Waals surface area (Å²) in [6.45, 7) is 8.18. The van der Waals surface area contributed by atoms with Gasteiger partial charge in [0.2, 0.25) is 11.9 Å². The van der Waals surface area contributed by atoms with Crippen LogP contribution in [0.1, 0.15) is 39.3 Å². The molecular formula is C20H26N6O4. The van der Waals surface area contributed by atoms with Crippen molar-refractivity contribution in [3.05, 3.63) is 40.4 Å². The van der Waals surface area contributed by atoms with E-state index in [9.17, 15) is 9.59 Å². The Labute approximate surface area is 173 Å². The SMILES string of the molecule is COc1ccn2nc(NC(=O)Cn3nc(C(C)C)c(OCC(C)C)cc3=O)nc2c1. The number of nitrogens with zero attached hydrogens (tertiary/aromatic N) is 5. The van der Waals surface area contributed by atoms with Crippen molar-refractivity contribution in [3.63, 3.8) is 0 Å². The van der Waals surface area contributed by atoms with Crippen molar-refractivity contribution in [3.8, 4) is 11.5 Å². The van der Waals surface area contributed by atoms with E-state index in [0.717, 1.165) is 4.68 Å². The van der Waals surface area contributed by atoms with E-state index in [4.69, 9.17) is 9.47 Å². The molecule has 0 aliphatic rings. The lowest BCUT2D eigenvalue weighted by atomic mass is 10.1. The Morgan fingerprint density at radius 1 is 1.20 bits per heavy atom. The van der Waals surface area contributed by atoms with Crippen molar-refractivity contribution in [2.24, 2.45) is 5.92 Å². The number of amides is 1. The van der Waals surface area contributed by atoms with Crippen LogP contribution < -0.4 is 20.3 Å². The molecule has 10 heteroatoms. The molecule has 0 bridgehead atoms. The zero-order valence-corrected chi connectivity index (χ0v) is 17.7. The predicted molar refractivity (Wildman–Crippen MR) is 111 cm³/mol. The third kappa shape index (κ3) is 4.94.